The van der Waals surface area contributed by atoms with E-state index in [1.54, 1.807) is 7.11 Å². The quantitative estimate of drug-likeness (QED) is 0.864. The molecule has 1 aliphatic heterocycles. The highest BCUT2D eigenvalue weighted by Crippen LogP contribution is 2.27. The zero-order valence-corrected chi connectivity index (χ0v) is 10.7. The van der Waals surface area contributed by atoms with Gasteiger partial charge in [0, 0.05) is 26.1 Å². The summed E-state index contributed by atoms with van der Waals surface area (Å²) in [5.41, 5.74) is 7.07. The van der Waals surface area contributed by atoms with Gasteiger partial charge in [-0.1, -0.05) is 30.3 Å². The molecule has 2 atom stereocenters. The molecule has 0 aliphatic carbocycles. The van der Waals surface area contributed by atoms with Crippen molar-refractivity contribution in [1.82, 2.24) is 4.90 Å². The molecule has 1 fully saturated rings. The van der Waals surface area contributed by atoms with Crippen LogP contribution in [-0.4, -0.2) is 43.7 Å². The fraction of sp³-hybridized carbons (Fsp3) is 0.500. The minimum absolute atomic E-state index is 0.00437. The summed E-state index contributed by atoms with van der Waals surface area (Å²) in [6.07, 6.45) is 1.01. The van der Waals surface area contributed by atoms with Gasteiger partial charge >= 0.3 is 0 Å². The van der Waals surface area contributed by atoms with E-state index in [1.165, 1.54) is 5.56 Å². The molecule has 2 rings (SSSR count). The number of nitrogens with two attached hydrogens (primary N) is 1. The smallest absolute Gasteiger partial charge is 0.241 e. The predicted molar refractivity (Wildman–Crippen MR) is 70.2 cm³/mol. The van der Waals surface area contributed by atoms with E-state index in [2.05, 4.69) is 12.1 Å². The molecule has 4 nitrogen and oxygen atoms in total. The van der Waals surface area contributed by atoms with Crippen molar-refractivity contribution in [2.45, 2.75) is 18.4 Å². The highest BCUT2D eigenvalue weighted by Gasteiger charge is 2.29. The van der Waals surface area contributed by atoms with Gasteiger partial charge in [-0.05, 0) is 12.0 Å². The molecule has 4 heteroatoms. The number of hydrogen-bond donors (Lipinski definition) is 1. The van der Waals surface area contributed by atoms with Crippen LogP contribution in [0.25, 0.3) is 0 Å². The van der Waals surface area contributed by atoms with Gasteiger partial charge in [-0.15, -0.1) is 0 Å². The fourth-order valence-electron chi connectivity index (χ4n) is 2.44. The Balaban J connectivity index is 1.94. The number of carbonyl (C=O) groups is 1. The number of ether oxygens (including phenoxy) is 1. The highest BCUT2D eigenvalue weighted by molar-refractivity contribution is 5.82. The average molecular weight is 248 g/mol. The summed E-state index contributed by atoms with van der Waals surface area (Å²) in [7, 11) is 1.56. The molecule has 0 spiro atoms. The van der Waals surface area contributed by atoms with Crippen LogP contribution in [-0.2, 0) is 9.53 Å². The van der Waals surface area contributed by atoms with Gasteiger partial charge in [0.1, 0.15) is 6.04 Å². The molecule has 1 saturated heterocycles. The molecule has 1 heterocycles. The second-order valence-corrected chi connectivity index (χ2v) is 4.74. The zero-order valence-electron chi connectivity index (χ0n) is 10.7. The third-order valence-electron chi connectivity index (χ3n) is 3.43. The predicted octanol–water partition coefficient (Wildman–Crippen LogP) is 0.976. The topological polar surface area (TPSA) is 55.6 Å². The summed E-state index contributed by atoms with van der Waals surface area (Å²) >= 11 is 0. The number of likely N-dealkylation sites (tertiary alicyclic amines) is 1. The summed E-state index contributed by atoms with van der Waals surface area (Å²) in [4.78, 5) is 13.9. The molecule has 0 radical (unpaired) electrons. The molecular formula is C14H20N2O2. The molecular weight excluding hydrogens is 228 g/mol. The zero-order chi connectivity index (χ0) is 13.0. The second-order valence-electron chi connectivity index (χ2n) is 4.74. The summed E-state index contributed by atoms with van der Waals surface area (Å²) in [5.74, 6) is 0.431. The largest absolute Gasteiger partial charge is 0.383 e. The summed E-state index contributed by atoms with van der Waals surface area (Å²) in [6.45, 7) is 1.83. The van der Waals surface area contributed by atoms with Crippen molar-refractivity contribution < 1.29 is 9.53 Å². The van der Waals surface area contributed by atoms with Crippen LogP contribution in [0.5, 0.6) is 0 Å². The van der Waals surface area contributed by atoms with Gasteiger partial charge in [0.2, 0.25) is 5.91 Å². The van der Waals surface area contributed by atoms with Crippen molar-refractivity contribution in [3.8, 4) is 0 Å². The summed E-state index contributed by atoms with van der Waals surface area (Å²) in [5, 5.41) is 0. The Morgan fingerprint density at radius 2 is 2.22 bits per heavy atom. The van der Waals surface area contributed by atoms with Crippen LogP contribution in [0.3, 0.4) is 0 Å². The van der Waals surface area contributed by atoms with Crippen LogP contribution in [0.4, 0.5) is 0 Å². The maximum absolute atomic E-state index is 12.0. The highest BCUT2D eigenvalue weighted by atomic mass is 16.5. The number of methoxy groups -OCH3 is 1. The van der Waals surface area contributed by atoms with E-state index in [1.807, 2.05) is 23.1 Å². The number of carbonyl (C=O) groups excluding carboxylic acids is 1. The molecule has 1 aromatic rings. The van der Waals surface area contributed by atoms with Crippen LogP contribution < -0.4 is 5.73 Å². The van der Waals surface area contributed by atoms with Gasteiger partial charge in [-0.2, -0.15) is 0 Å². The number of nitrogens with zero attached hydrogens (tertiary/aromatic N) is 1. The van der Waals surface area contributed by atoms with Gasteiger partial charge in [0.15, 0.2) is 0 Å². The number of hydrogen-bond acceptors (Lipinski definition) is 3. The molecule has 2 unspecified atom stereocenters. The second kappa shape index (κ2) is 5.98. The van der Waals surface area contributed by atoms with E-state index in [-0.39, 0.29) is 12.5 Å². The SMILES string of the molecule is COCC(N)C(=O)N1CCC(c2ccccc2)C1. The van der Waals surface area contributed by atoms with E-state index in [4.69, 9.17) is 10.5 Å². The minimum atomic E-state index is -0.537. The molecule has 2 N–H and O–H groups in total. The van der Waals surface area contributed by atoms with Crippen molar-refractivity contribution in [3.63, 3.8) is 0 Å². The number of benzene rings is 1. The Labute approximate surface area is 108 Å². The third-order valence-corrected chi connectivity index (χ3v) is 3.43. The van der Waals surface area contributed by atoms with Gasteiger partial charge < -0.3 is 15.4 Å². The van der Waals surface area contributed by atoms with E-state index in [0.717, 1.165) is 19.5 Å². The van der Waals surface area contributed by atoms with E-state index in [9.17, 15) is 4.79 Å². The Kier molecular flexibility index (Phi) is 4.33. The van der Waals surface area contributed by atoms with Crippen LogP contribution in [0.2, 0.25) is 0 Å². The minimum Gasteiger partial charge on any atom is -0.383 e. The maximum Gasteiger partial charge on any atom is 0.241 e. The van der Waals surface area contributed by atoms with Gasteiger partial charge in [-0.3, -0.25) is 4.79 Å². The van der Waals surface area contributed by atoms with Crippen molar-refractivity contribution in [2.75, 3.05) is 26.8 Å². The van der Waals surface area contributed by atoms with Crippen LogP contribution in [0.15, 0.2) is 30.3 Å². The fourth-order valence-corrected chi connectivity index (χ4v) is 2.44. The molecule has 0 bridgehead atoms. The maximum atomic E-state index is 12.0. The van der Waals surface area contributed by atoms with Gasteiger partial charge in [-0.25, -0.2) is 0 Å². The Morgan fingerprint density at radius 1 is 1.50 bits per heavy atom. The summed E-state index contributed by atoms with van der Waals surface area (Å²) in [6, 6.07) is 9.79. The van der Waals surface area contributed by atoms with Gasteiger partial charge in [0.25, 0.3) is 0 Å². The third kappa shape index (κ3) is 2.89. The molecule has 18 heavy (non-hydrogen) atoms. The first-order valence-corrected chi connectivity index (χ1v) is 6.30. The Morgan fingerprint density at radius 3 is 2.89 bits per heavy atom. The lowest BCUT2D eigenvalue weighted by molar-refractivity contribution is -0.132. The van der Waals surface area contributed by atoms with Crippen LogP contribution in [0, 0.1) is 0 Å². The molecule has 0 saturated carbocycles. The first-order valence-electron chi connectivity index (χ1n) is 6.30. The van der Waals surface area contributed by atoms with Gasteiger partial charge in [0.05, 0.1) is 6.61 Å². The Bertz CT molecular complexity index is 394. The molecule has 1 amide bonds. The standard InChI is InChI=1S/C14H20N2O2/c1-18-10-13(15)14(17)16-8-7-12(9-16)11-5-3-2-4-6-11/h2-6,12-13H,7-10,15H2,1H3. The van der Waals surface area contributed by atoms with Crippen molar-refractivity contribution in [3.05, 3.63) is 35.9 Å². The first kappa shape index (κ1) is 13.1. The van der Waals surface area contributed by atoms with E-state index < -0.39 is 6.04 Å². The van der Waals surface area contributed by atoms with Crippen LogP contribution in [0.1, 0.15) is 17.9 Å². The lowest BCUT2D eigenvalue weighted by Gasteiger charge is -2.20. The normalized spacial score (nSPS) is 21.0. The monoisotopic (exact) mass is 248 g/mol. The van der Waals surface area contributed by atoms with Crippen molar-refractivity contribution in [1.29, 1.82) is 0 Å². The number of rotatable bonds is 4. The molecule has 98 valence electrons. The van der Waals surface area contributed by atoms with E-state index in [0.29, 0.717) is 5.92 Å². The van der Waals surface area contributed by atoms with Crippen LogP contribution >= 0.6 is 0 Å². The molecule has 1 aromatic carbocycles. The van der Waals surface area contributed by atoms with E-state index >= 15 is 0 Å². The lowest BCUT2D eigenvalue weighted by Crippen LogP contribution is -2.45. The average Bonchev–Trinajstić information content (AvgIpc) is 2.89. The summed E-state index contributed by atoms with van der Waals surface area (Å²) < 4.78 is 4.92. The number of amides is 1. The molecule has 1 aliphatic rings. The van der Waals surface area contributed by atoms with Crippen molar-refractivity contribution >= 4 is 5.91 Å². The Hall–Kier alpha value is -1.39. The molecule has 0 aromatic heterocycles. The lowest BCUT2D eigenvalue weighted by atomic mass is 9.99. The van der Waals surface area contributed by atoms with Crippen molar-refractivity contribution in [2.24, 2.45) is 5.73 Å². The first-order chi connectivity index (χ1) is 8.72.